The average Bonchev–Trinajstić information content (AvgIpc) is 3.13. The van der Waals surface area contributed by atoms with Crippen molar-refractivity contribution in [2.75, 3.05) is 11.1 Å². The van der Waals surface area contributed by atoms with E-state index < -0.39 is 21.4 Å². The molecule has 0 bridgehead atoms. The van der Waals surface area contributed by atoms with Crippen LogP contribution in [0.1, 0.15) is 26.4 Å². The van der Waals surface area contributed by atoms with Gasteiger partial charge in [-0.25, -0.2) is 12.8 Å². The average molecular weight is 515 g/mol. The zero-order valence-electron chi connectivity index (χ0n) is 18.2. The molecule has 9 heteroatoms. The molecule has 0 amide bonds. The minimum Gasteiger partial charge on any atom is -0.396 e. The van der Waals surface area contributed by atoms with Crippen molar-refractivity contribution in [2.24, 2.45) is 0 Å². The zero-order valence-corrected chi connectivity index (χ0v) is 20.6. The van der Waals surface area contributed by atoms with Crippen LogP contribution >= 0.6 is 22.9 Å². The molecule has 4 aromatic rings. The number of nitrogens with two attached hydrogens (primary N) is 1. The van der Waals surface area contributed by atoms with Crippen molar-refractivity contribution in [3.63, 3.8) is 0 Å². The Morgan fingerprint density at radius 1 is 0.971 bits per heavy atom. The second-order valence-corrected chi connectivity index (χ2v) is 11.1. The van der Waals surface area contributed by atoms with Crippen molar-refractivity contribution < 1.29 is 17.6 Å². The molecule has 0 aliphatic heterocycles. The summed E-state index contributed by atoms with van der Waals surface area (Å²) in [6.07, 6.45) is 0. The number of rotatable bonds is 6. The molecule has 1 heterocycles. The number of thiophene rings is 1. The molecule has 0 aliphatic carbocycles. The van der Waals surface area contributed by atoms with Crippen LogP contribution in [-0.2, 0) is 9.84 Å². The van der Waals surface area contributed by atoms with Crippen molar-refractivity contribution in [1.29, 1.82) is 0 Å². The lowest BCUT2D eigenvalue weighted by Crippen LogP contribution is -2.08. The first-order chi connectivity index (χ1) is 16.1. The third-order valence-electron chi connectivity index (χ3n) is 5.37. The monoisotopic (exact) mass is 514 g/mol. The van der Waals surface area contributed by atoms with Crippen LogP contribution in [0, 0.1) is 19.7 Å². The highest BCUT2D eigenvalue weighted by Gasteiger charge is 2.31. The van der Waals surface area contributed by atoms with Crippen LogP contribution in [0.3, 0.4) is 0 Å². The van der Waals surface area contributed by atoms with Gasteiger partial charge in [0.2, 0.25) is 15.6 Å². The number of hydrogen-bond donors (Lipinski definition) is 2. The molecule has 4 rings (SSSR count). The lowest BCUT2D eigenvalue weighted by Gasteiger charge is -2.11. The van der Waals surface area contributed by atoms with E-state index in [1.807, 2.05) is 32.0 Å². The number of benzene rings is 3. The predicted molar refractivity (Wildman–Crippen MR) is 135 cm³/mol. The van der Waals surface area contributed by atoms with Crippen LogP contribution < -0.4 is 11.1 Å². The van der Waals surface area contributed by atoms with Gasteiger partial charge in [0.25, 0.3) is 0 Å². The third-order valence-corrected chi connectivity index (χ3v) is 8.72. The maximum atomic E-state index is 13.6. The Bertz CT molecular complexity index is 1500. The Morgan fingerprint density at radius 3 is 2.24 bits per heavy atom. The summed E-state index contributed by atoms with van der Waals surface area (Å²) in [6, 6.07) is 16.3. The first-order valence-corrected chi connectivity index (χ1v) is 12.8. The van der Waals surface area contributed by atoms with Gasteiger partial charge in [-0.15, -0.1) is 11.3 Å². The van der Waals surface area contributed by atoms with Crippen molar-refractivity contribution in [3.05, 3.63) is 99.1 Å². The topological polar surface area (TPSA) is 89.3 Å². The molecule has 0 aliphatic rings. The Labute approximate surface area is 205 Å². The summed E-state index contributed by atoms with van der Waals surface area (Å²) < 4.78 is 40.5. The van der Waals surface area contributed by atoms with E-state index in [1.54, 1.807) is 0 Å². The molecule has 0 saturated carbocycles. The Morgan fingerprint density at radius 2 is 1.62 bits per heavy atom. The van der Waals surface area contributed by atoms with E-state index in [9.17, 15) is 17.6 Å². The van der Waals surface area contributed by atoms with E-state index in [0.29, 0.717) is 10.7 Å². The Balaban J connectivity index is 1.88. The maximum absolute atomic E-state index is 13.6. The number of anilines is 3. The summed E-state index contributed by atoms with van der Waals surface area (Å²) in [6.45, 7) is 3.91. The van der Waals surface area contributed by atoms with Crippen molar-refractivity contribution in [1.82, 2.24) is 0 Å². The highest BCUT2D eigenvalue weighted by molar-refractivity contribution is 7.92. The Hall–Kier alpha value is -3.20. The van der Waals surface area contributed by atoms with Gasteiger partial charge in [0.05, 0.1) is 10.6 Å². The zero-order chi connectivity index (χ0) is 24.6. The molecule has 174 valence electrons. The van der Waals surface area contributed by atoms with E-state index in [2.05, 4.69) is 5.32 Å². The molecule has 3 aromatic carbocycles. The quantitative estimate of drug-likeness (QED) is 0.285. The van der Waals surface area contributed by atoms with Gasteiger partial charge in [0.1, 0.15) is 20.6 Å². The van der Waals surface area contributed by atoms with Crippen LogP contribution in [0.2, 0.25) is 5.02 Å². The van der Waals surface area contributed by atoms with E-state index in [0.717, 1.165) is 34.6 Å². The van der Waals surface area contributed by atoms with Crippen LogP contribution in [-0.4, -0.2) is 14.2 Å². The summed E-state index contributed by atoms with van der Waals surface area (Å²) in [4.78, 5) is 13.0. The SMILES string of the molecule is Cc1ccc(Nc2sc(C(=O)c3ccc(F)cc3)c(N)c2S(=O)(=O)c2ccc(Cl)cc2)cc1C. The van der Waals surface area contributed by atoms with Gasteiger partial charge in [-0.2, -0.15) is 0 Å². The van der Waals surface area contributed by atoms with Gasteiger partial charge >= 0.3 is 0 Å². The summed E-state index contributed by atoms with van der Waals surface area (Å²) in [7, 11) is -4.10. The minimum absolute atomic E-state index is 0.00896. The van der Waals surface area contributed by atoms with Crippen LogP contribution in [0.15, 0.2) is 76.5 Å². The lowest BCUT2D eigenvalue weighted by molar-refractivity contribution is 0.104. The van der Waals surface area contributed by atoms with Gasteiger partial charge in [-0.05, 0) is 85.6 Å². The first-order valence-electron chi connectivity index (χ1n) is 10.2. The molecule has 0 radical (unpaired) electrons. The van der Waals surface area contributed by atoms with Gasteiger partial charge in [-0.3, -0.25) is 4.79 Å². The van der Waals surface area contributed by atoms with Crippen LogP contribution in [0.5, 0.6) is 0 Å². The number of sulfone groups is 1. The van der Waals surface area contributed by atoms with Gasteiger partial charge in [0.15, 0.2) is 0 Å². The number of aryl methyl sites for hydroxylation is 2. The number of nitrogen functional groups attached to an aromatic ring is 1. The van der Waals surface area contributed by atoms with Crippen LogP contribution in [0.25, 0.3) is 0 Å². The van der Waals surface area contributed by atoms with E-state index in [1.165, 1.54) is 36.4 Å². The van der Waals surface area contributed by atoms with Crippen LogP contribution in [0.4, 0.5) is 20.8 Å². The highest BCUT2D eigenvalue weighted by Crippen LogP contribution is 2.44. The second-order valence-electron chi connectivity index (χ2n) is 7.72. The first kappa shape index (κ1) is 23.9. The molecule has 0 unspecified atom stereocenters. The summed E-state index contributed by atoms with van der Waals surface area (Å²) in [5.74, 6) is -0.984. The fraction of sp³-hybridized carbons (Fsp3) is 0.0800. The number of carbonyl (C=O) groups excluding carboxylic acids is 1. The molecule has 34 heavy (non-hydrogen) atoms. The fourth-order valence-electron chi connectivity index (χ4n) is 3.36. The molecule has 0 spiro atoms. The number of halogens is 2. The minimum atomic E-state index is -4.10. The third kappa shape index (κ3) is 4.57. The van der Waals surface area contributed by atoms with Crippen molar-refractivity contribution >= 4 is 54.9 Å². The number of ketones is 1. The van der Waals surface area contributed by atoms with E-state index in [-0.39, 0.29) is 30.9 Å². The largest absolute Gasteiger partial charge is 0.396 e. The van der Waals surface area contributed by atoms with Crippen molar-refractivity contribution in [2.45, 2.75) is 23.6 Å². The maximum Gasteiger partial charge on any atom is 0.211 e. The normalized spacial score (nSPS) is 11.4. The predicted octanol–water partition coefficient (Wildman–Crippen LogP) is 6.55. The smallest absolute Gasteiger partial charge is 0.211 e. The number of carbonyl (C=O) groups is 1. The molecule has 1 aromatic heterocycles. The molecule has 0 atom stereocenters. The summed E-state index contributed by atoms with van der Waals surface area (Å²) in [5.41, 5.74) is 9.08. The molecule has 3 N–H and O–H groups in total. The summed E-state index contributed by atoms with van der Waals surface area (Å²) in [5, 5.41) is 3.72. The standard InChI is InChI=1S/C25H20ClFN2O3S2/c1-14-3-10-19(13-15(14)2)29-25-24(34(31,32)20-11-6-17(26)7-12-20)21(28)23(33-25)22(30)16-4-8-18(27)9-5-16/h3-13,29H,28H2,1-2H3. The van der Waals surface area contributed by atoms with E-state index >= 15 is 0 Å². The van der Waals surface area contributed by atoms with E-state index in [4.69, 9.17) is 17.3 Å². The highest BCUT2D eigenvalue weighted by atomic mass is 35.5. The van der Waals surface area contributed by atoms with Crippen molar-refractivity contribution in [3.8, 4) is 0 Å². The molecular weight excluding hydrogens is 495 g/mol. The summed E-state index contributed by atoms with van der Waals surface area (Å²) >= 11 is 6.87. The molecule has 0 fully saturated rings. The second kappa shape index (κ2) is 9.21. The fourth-order valence-corrected chi connectivity index (χ4v) is 6.42. The van der Waals surface area contributed by atoms with Gasteiger partial charge in [0, 0.05) is 16.3 Å². The van der Waals surface area contributed by atoms with Gasteiger partial charge in [-0.1, -0.05) is 17.7 Å². The molecule has 5 nitrogen and oxygen atoms in total. The molecular formula is C25H20ClFN2O3S2. The molecule has 0 saturated heterocycles. The Kier molecular flexibility index (Phi) is 6.49. The lowest BCUT2D eigenvalue weighted by atomic mass is 10.1. The number of hydrogen-bond acceptors (Lipinski definition) is 6. The van der Waals surface area contributed by atoms with Gasteiger partial charge < -0.3 is 11.1 Å². The number of nitrogens with one attached hydrogen (secondary N) is 1.